The van der Waals surface area contributed by atoms with E-state index in [0.29, 0.717) is 18.7 Å². The lowest BCUT2D eigenvalue weighted by molar-refractivity contribution is -0.384. The molecule has 2 aromatic rings. The Bertz CT molecular complexity index is 601. The number of benzene rings is 1. The lowest BCUT2D eigenvalue weighted by Crippen LogP contribution is -2.20. The molecule has 0 saturated heterocycles. The SMILES string of the molecule is O=[N+]([O-])c1ccc(NC[C@@H](CO)Cc2ccco2)c(Cl)c1. The number of nitro benzene ring substituents is 1. The lowest BCUT2D eigenvalue weighted by atomic mass is 10.0. The van der Waals surface area contributed by atoms with Crippen LogP contribution in [0.15, 0.2) is 41.0 Å². The molecule has 6 nitrogen and oxygen atoms in total. The molecular weight excluding hydrogens is 296 g/mol. The zero-order valence-electron chi connectivity index (χ0n) is 11.2. The summed E-state index contributed by atoms with van der Waals surface area (Å²) in [6.07, 6.45) is 2.19. The third-order valence-corrected chi connectivity index (χ3v) is 3.39. The van der Waals surface area contributed by atoms with Crippen molar-refractivity contribution in [2.75, 3.05) is 18.5 Å². The van der Waals surface area contributed by atoms with Crippen LogP contribution in [-0.4, -0.2) is 23.2 Å². The van der Waals surface area contributed by atoms with Gasteiger partial charge in [-0.15, -0.1) is 0 Å². The number of nitro groups is 1. The van der Waals surface area contributed by atoms with Crippen molar-refractivity contribution >= 4 is 23.0 Å². The molecule has 112 valence electrons. The quantitative estimate of drug-likeness (QED) is 0.606. The highest BCUT2D eigenvalue weighted by Crippen LogP contribution is 2.26. The highest BCUT2D eigenvalue weighted by Gasteiger charge is 2.13. The first-order chi connectivity index (χ1) is 10.1. The van der Waals surface area contributed by atoms with E-state index in [4.69, 9.17) is 16.0 Å². The van der Waals surface area contributed by atoms with Gasteiger partial charge in [-0.2, -0.15) is 0 Å². The van der Waals surface area contributed by atoms with E-state index < -0.39 is 4.92 Å². The first-order valence-corrected chi connectivity index (χ1v) is 6.79. The van der Waals surface area contributed by atoms with Crippen molar-refractivity contribution in [2.45, 2.75) is 6.42 Å². The van der Waals surface area contributed by atoms with Crippen molar-refractivity contribution in [1.82, 2.24) is 0 Å². The molecule has 0 radical (unpaired) electrons. The van der Waals surface area contributed by atoms with Gasteiger partial charge in [-0.05, 0) is 18.2 Å². The molecule has 0 saturated carbocycles. The summed E-state index contributed by atoms with van der Waals surface area (Å²) in [6, 6.07) is 7.88. The van der Waals surface area contributed by atoms with Crippen LogP contribution in [0.2, 0.25) is 5.02 Å². The fraction of sp³-hybridized carbons (Fsp3) is 0.286. The summed E-state index contributed by atoms with van der Waals surface area (Å²) < 4.78 is 5.24. The molecule has 2 N–H and O–H groups in total. The fourth-order valence-electron chi connectivity index (χ4n) is 1.93. The van der Waals surface area contributed by atoms with Gasteiger partial charge in [-0.3, -0.25) is 10.1 Å². The number of halogens is 1. The highest BCUT2D eigenvalue weighted by molar-refractivity contribution is 6.33. The monoisotopic (exact) mass is 310 g/mol. The van der Waals surface area contributed by atoms with Gasteiger partial charge in [-0.1, -0.05) is 11.6 Å². The molecule has 0 unspecified atom stereocenters. The molecule has 0 bridgehead atoms. The smallest absolute Gasteiger partial charge is 0.271 e. The molecule has 0 fully saturated rings. The summed E-state index contributed by atoms with van der Waals surface area (Å²) >= 11 is 5.99. The maximum absolute atomic E-state index is 10.6. The molecule has 1 heterocycles. The summed E-state index contributed by atoms with van der Waals surface area (Å²) in [6.45, 7) is 0.479. The minimum atomic E-state index is -0.497. The molecular formula is C14H15ClN2O4. The van der Waals surface area contributed by atoms with Gasteiger partial charge in [0.15, 0.2) is 0 Å². The molecule has 1 aromatic carbocycles. The van der Waals surface area contributed by atoms with Crippen molar-refractivity contribution in [1.29, 1.82) is 0 Å². The van der Waals surface area contributed by atoms with Gasteiger partial charge in [0.25, 0.3) is 5.69 Å². The summed E-state index contributed by atoms with van der Waals surface area (Å²) in [7, 11) is 0. The number of rotatable bonds is 7. The molecule has 1 aromatic heterocycles. The van der Waals surface area contributed by atoms with Crippen molar-refractivity contribution in [3.63, 3.8) is 0 Å². The number of furan rings is 1. The second kappa shape index (κ2) is 7.10. The Morgan fingerprint density at radius 3 is 2.81 bits per heavy atom. The largest absolute Gasteiger partial charge is 0.469 e. The number of non-ortho nitro benzene ring substituents is 1. The Morgan fingerprint density at radius 1 is 1.43 bits per heavy atom. The van der Waals surface area contributed by atoms with Crippen LogP contribution in [-0.2, 0) is 6.42 Å². The van der Waals surface area contributed by atoms with E-state index in [1.165, 1.54) is 12.1 Å². The Hall–Kier alpha value is -2.05. The molecule has 2 rings (SSSR count). The van der Waals surface area contributed by atoms with E-state index in [0.717, 1.165) is 5.76 Å². The van der Waals surface area contributed by atoms with Crippen molar-refractivity contribution in [3.05, 3.63) is 57.5 Å². The first-order valence-electron chi connectivity index (χ1n) is 6.41. The number of nitrogens with one attached hydrogen (secondary N) is 1. The zero-order chi connectivity index (χ0) is 15.2. The number of nitrogens with zero attached hydrogens (tertiary/aromatic N) is 1. The minimum absolute atomic E-state index is 0.00169. The van der Waals surface area contributed by atoms with Gasteiger partial charge in [0, 0.05) is 37.6 Å². The Labute approximate surface area is 126 Å². The molecule has 0 aliphatic carbocycles. The van der Waals surface area contributed by atoms with Crippen LogP contribution in [0.5, 0.6) is 0 Å². The number of hydrogen-bond donors (Lipinski definition) is 2. The summed E-state index contributed by atoms with van der Waals surface area (Å²) in [4.78, 5) is 10.1. The Balaban J connectivity index is 1.96. The molecule has 0 spiro atoms. The normalized spacial score (nSPS) is 12.1. The molecule has 7 heteroatoms. The van der Waals surface area contributed by atoms with E-state index in [-0.39, 0.29) is 23.2 Å². The van der Waals surface area contributed by atoms with Crippen LogP contribution in [0.4, 0.5) is 11.4 Å². The second-order valence-electron chi connectivity index (χ2n) is 4.63. The van der Waals surface area contributed by atoms with Gasteiger partial charge in [0.2, 0.25) is 0 Å². The predicted molar refractivity (Wildman–Crippen MR) is 79.6 cm³/mol. The highest BCUT2D eigenvalue weighted by atomic mass is 35.5. The Morgan fingerprint density at radius 2 is 2.24 bits per heavy atom. The zero-order valence-corrected chi connectivity index (χ0v) is 11.9. The molecule has 1 atom stereocenters. The average Bonchev–Trinajstić information content (AvgIpc) is 2.97. The van der Waals surface area contributed by atoms with Crippen LogP contribution in [0.25, 0.3) is 0 Å². The first kappa shape index (κ1) is 15.3. The number of anilines is 1. The third kappa shape index (κ3) is 4.21. The minimum Gasteiger partial charge on any atom is -0.469 e. The number of aliphatic hydroxyl groups is 1. The molecule has 0 aliphatic rings. The molecule has 0 aliphatic heterocycles. The van der Waals surface area contributed by atoms with E-state index in [1.807, 2.05) is 6.07 Å². The second-order valence-corrected chi connectivity index (χ2v) is 5.04. The van der Waals surface area contributed by atoms with Gasteiger partial charge >= 0.3 is 0 Å². The third-order valence-electron chi connectivity index (χ3n) is 3.07. The van der Waals surface area contributed by atoms with Gasteiger partial charge < -0.3 is 14.8 Å². The van der Waals surface area contributed by atoms with Crippen molar-refractivity contribution in [3.8, 4) is 0 Å². The van der Waals surface area contributed by atoms with E-state index >= 15 is 0 Å². The Kier molecular flexibility index (Phi) is 5.19. The van der Waals surface area contributed by atoms with Gasteiger partial charge in [-0.25, -0.2) is 0 Å². The average molecular weight is 311 g/mol. The lowest BCUT2D eigenvalue weighted by Gasteiger charge is -2.15. The van der Waals surface area contributed by atoms with E-state index in [1.54, 1.807) is 18.4 Å². The van der Waals surface area contributed by atoms with Gasteiger partial charge in [0.1, 0.15) is 5.76 Å². The predicted octanol–water partition coefficient (Wildman–Crippen LogP) is 3.10. The van der Waals surface area contributed by atoms with Crippen LogP contribution < -0.4 is 5.32 Å². The van der Waals surface area contributed by atoms with E-state index in [9.17, 15) is 15.2 Å². The summed E-state index contributed by atoms with van der Waals surface area (Å²) in [5, 5.41) is 23.4. The maximum Gasteiger partial charge on any atom is 0.271 e. The molecule has 0 amide bonds. The van der Waals surface area contributed by atoms with Crippen molar-refractivity contribution in [2.24, 2.45) is 5.92 Å². The van der Waals surface area contributed by atoms with E-state index in [2.05, 4.69) is 5.32 Å². The van der Waals surface area contributed by atoms with Crippen LogP contribution >= 0.6 is 11.6 Å². The van der Waals surface area contributed by atoms with Crippen LogP contribution in [0, 0.1) is 16.0 Å². The number of aliphatic hydroxyl groups excluding tert-OH is 1. The van der Waals surface area contributed by atoms with Crippen LogP contribution in [0.1, 0.15) is 5.76 Å². The standard InChI is InChI=1S/C14H15ClN2O4/c15-13-7-11(17(19)20)3-4-14(13)16-8-10(9-18)6-12-2-1-5-21-12/h1-5,7,10,16,18H,6,8-9H2/t10-/m0/s1. The molecule has 21 heavy (non-hydrogen) atoms. The van der Waals surface area contributed by atoms with Gasteiger partial charge in [0.05, 0.1) is 21.9 Å². The number of hydrogen-bond acceptors (Lipinski definition) is 5. The van der Waals surface area contributed by atoms with Crippen LogP contribution in [0.3, 0.4) is 0 Å². The van der Waals surface area contributed by atoms with Crippen molar-refractivity contribution < 1.29 is 14.4 Å². The topological polar surface area (TPSA) is 88.5 Å². The summed E-state index contributed by atoms with van der Waals surface area (Å²) in [5.41, 5.74) is 0.542. The maximum atomic E-state index is 10.6. The fourth-order valence-corrected chi connectivity index (χ4v) is 2.17. The summed E-state index contributed by atoms with van der Waals surface area (Å²) in [5.74, 6) is 0.757.